The lowest BCUT2D eigenvalue weighted by atomic mass is 9.76. The molecule has 1 saturated heterocycles. The number of rotatable bonds is 12. The first-order chi connectivity index (χ1) is 20.6. The largest absolute Gasteiger partial charge is 0.440 e. The summed E-state index contributed by atoms with van der Waals surface area (Å²) in [4.78, 5) is 51.2. The van der Waals surface area contributed by atoms with E-state index in [2.05, 4.69) is 16.0 Å². The molecule has 2 aromatic rings. The lowest BCUT2D eigenvalue weighted by Crippen LogP contribution is -2.52. The molecule has 43 heavy (non-hydrogen) atoms. The molecule has 2 fully saturated rings. The summed E-state index contributed by atoms with van der Waals surface area (Å²) in [6, 6.07) is 13.6. The van der Waals surface area contributed by atoms with E-state index in [9.17, 15) is 19.2 Å². The van der Waals surface area contributed by atoms with E-state index in [0.717, 1.165) is 48.8 Å². The zero-order chi connectivity index (χ0) is 31.0. The fraction of sp³-hybridized carbons (Fsp3) is 0.529. The monoisotopic (exact) mass is 609 g/mol. The van der Waals surface area contributed by atoms with E-state index in [4.69, 9.17) is 16.3 Å². The zero-order valence-electron chi connectivity index (χ0n) is 25.4. The summed E-state index contributed by atoms with van der Waals surface area (Å²) in [7, 11) is 0. The van der Waals surface area contributed by atoms with Gasteiger partial charge in [0.05, 0.1) is 6.04 Å². The summed E-state index contributed by atoms with van der Waals surface area (Å²) in [5.41, 5.74) is 2.09. The first kappa shape index (κ1) is 32.5. The second kappa shape index (κ2) is 14.9. The van der Waals surface area contributed by atoms with E-state index in [1.165, 1.54) is 0 Å². The number of ether oxygens (including phenoxy) is 1. The van der Waals surface area contributed by atoms with E-state index < -0.39 is 35.6 Å². The number of carbonyl (C=O) groups excluding carboxylic acids is 4. The minimum atomic E-state index is -0.886. The normalized spacial score (nSPS) is 19.5. The average molecular weight is 610 g/mol. The standard InChI is InChI=1S/C34H44ClN3O5/c1-22-9-7-12-24(17-22)30(34(2,3)26-13-8-14-27(35)20-26)43-33(42)38-29(18-23-10-5-4-6-11-23)32(41)37-28(21-39)19-25-15-16-36-31(25)40/h7-9,12-14,17,20-21,23,25,28-30H,4-6,10-11,15-16,18-19H2,1-3H3,(H,36,40)(H,37,41)(H,38,42). The summed E-state index contributed by atoms with van der Waals surface area (Å²) >= 11 is 6.33. The van der Waals surface area contributed by atoms with Gasteiger partial charge in [0.15, 0.2) is 0 Å². The topological polar surface area (TPSA) is 114 Å². The number of benzene rings is 2. The molecule has 1 heterocycles. The van der Waals surface area contributed by atoms with Gasteiger partial charge < -0.3 is 25.5 Å². The van der Waals surface area contributed by atoms with Crippen molar-refractivity contribution in [2.75, 3.05) is 6.54 Å². The lowest BCUT2D eigenvalue weighted by molar-refractivity contribution is -0.127. The number of amides is 3. The van der Waals surface area contributed by atoms with Crippen LogP contribution in [0, 0.1) is 18.8 Å². The van der Waals surface area contributed by atoms with E-state index in [0.29, 0.717) is 30.7 Å². The maximum absolute atomic E-state index is 13.6. The Morgan fingerprint density at radius 2 is 1.79 bits per heavy atom. The molecule has 3 N–H and O–H groups in total. The first-order valence-corrected chi connectivity index (χ1v) is 15.8. The third-order valence-electron chi connectivity index (χ3n) is 8.89. The van der Waals surface area contributed by atoms with Crippen molar-refractivity contribution >= 4 is 35.8 Å². The smallest absolute Gasteiger partial charge is 0.408 e. The fourth-order valence-electron chi connectivity index (χ4n) is 6.39. The molecule has 1 saturated carbocycles. The molecule has 8 nitrogen and oxygen atoms in total. The van der Waals surface area contributed by atoms with Crippen molar-refractivity contribution in [1.29, 1.82) is 0 Å². The van der Waals surface area contributed by atoms with Crippen LogP contribution < -0.4 is 16.0 Å². The van der Waals surface area contributed by atoms with Crippen LogP contribution >= 0.6 is 11.6 Å². The molecule has 4 unspecified atom stereocenters. The second-order valence-electron chi connectivity index (χ2n) is 12.6. The van der Waals surface area contributed by atoms with Gasteiger partial charge in [0, 0.05) is 22.9 Å². The van der Waals surface area contributed by atoms with E-state index in [1.54, 1.807) is 6.07 Å². The molecule has 1 aliphatic heterocycles. The summed E-state index contributed by atoms with van der Waals surface area (Å²) in [5.74, 6) is -0.602. The van der Waals surface area contributed by atoms with Crippen LogP contribution in [-0.4, -0.2) is 42.8 Å². The summed E-state index contributed by atoms with van der Waals surface area (Å²) in [6.45, 7) is 6.54. The van der Waals surface area contributed by atoms with Crippen LogP contribution in [0.2, 0.25) is 5.02 Å². The zero-order valence-corrected chi connectivity index (χ0v) is 26.1. The predicted molar refractivity (Wildman–Crippen MR) is 167 cm³/mol. The average Bonchev–Trinajstić information content (AvgIpc) is 3.39. The van der Waals surface area contributed by atoms with Crippen molar-refractivity contribution in [1.82, 2.24) is 16.0 Å². The molecule has 1 aliphatic carbocycles. The highest BCUT2D eigenvalue weighted by Crippen LogP contribution is 2.41. The molecule has 232 valence electrons. The van der Waals surface area contributed by atoms with Gasteiger partial charge in [-0.05, 0) is 55.4 Å². The quantitative estimate of drug-likeness (QED) is 0.258. The van der Waals surface area contributed by atoms with Crippen LogP contribution in [0.3, 0.4) is 0 Å². The molecule has 2 aromatic carbocycles. The molecule has 3 amide bonds. The van der Waals surface area contributed by atoms with Gasteiger partial charge in [0.25, 0.3) is 0 Å². The summed E-state index contributed by atoms with van der Waals surface area (Å²) in [5, 5.41) is 9.00. The molecule has 4 atom stereocenters. The molecule has 0 bridgehead atoms. The Morgan fingerprint density at radius 3 is 2.44 bits per heavy atom. The highest BCUT2D eigenvalue weighted by Gasteiger charge is 2.38. The molecule has 0 radical (unpaired) electrons. The highest BCUT2D eigenvalue weighted by molar-refractivity contribution is 6.30. The Morgan fingerprint density at radius 1 is 1.05 bits per heavy atom. The van der Waals surface area contributed by atoms with Gasteiger partial charge in [-0.25, -0.2) is 4.79 Å². The Balaban J connectivity index is 1.54. The van der Waals surface area contributed by atoms with Gasteiger partial charge in [0.1, 0.15) is 18.4 Å². The van der Waals surface area contributed by atoms with E-state index in [1.807, 2.05) is 63.2 Å². The van der Waals surface area contributed by atoms with Gasteiger partial charge in [0.2, 0.25) is 11.8 Å². The maximum Gasteiger partial charge on any atom is 0.408 e. The highest BCUT2D eigenvalue weighted by atomic mass is 35.5. The van der Waals surface area contributed by atoms with Crippen molar-refractivity contribution in [2.24, 2.45) is 11.8 Å². The van der Waals surface area contributed by atoms with Crippen LogP contribution in [0.5, 0.6) is 0 Å². The number of carbonyl (C=O) groups is 4. The van der Waals surface area contributed by atoms with Gasteiger partial charge >= 0.3 is 6.09 Å². The van der Waals surface area contributed by atoms with Crippen LogP contribution in [0.1, 0.15) is 88.0 Å². The van der Waals surface area contributed by atoms with Crippen LogP contribution in [0.15, 0.2) is 48.5 Å². The number of halogens is 1. The van der Waals surface area contributed by atoms with Gasteiger partial charge in [-0.1, -0.05) is 99.5 Å². The van der Waals surface area contributed by atoms with Crippen molar-refractivity contribution in [3.05, 3.63) is 70.2 Å². The molecule has 2 aliphatic rings. The summed E-state index contributed by atoms with van der Waals surface area (Å²) < 4.78 is 6.18. The SMILES string of the molecule is Cc1cccc(C(OC(=O)NC(CC2CCCCC2)C(=O)NC(C=O)CC2CCNC2=O)C(C)(C)c2cccc(Cl)c2)c1. The molecular weight excluding hydrogens is 566 g/mol. The minimum absolute atomic E-state index is 0.105. The number of aldehydes is 1. The lowest BCUT2D eigenvalue weighted by Gasteiger charge is -2.35. The van der Waals surface area contributed by atoms with Crippen LogP contribution in [0.25, 0.3) is 0 Å². The first-order valence-electron chi connectivity index (χ1n) is 15.4. The summed E-state index contributed by atoms with van der Waals surface area (Å²) in [6.07, 6.45) is 5.86. The Kier molecular flexibility index (Phi) is 11.2. The third-order valence-corrected chi connectivity index (χ3v) is 9.12. The van der Waals surface area contributed by atoms with Crippen LogP contribution in [0.4, 0.5) is 4.79 Å². The Labute approximate surface area is 259 Å². The van der Waals surface area contributed by atoms with E-state index >= 15 is 0 Å². The molecule has 4 rings (SSSR count). The number of hydrogen-bond acceptors (Lipinski definition) is 5. The fourth-order valence-corrected chi connectivity index (χ4v) is 6.58. The Bertz CT molecular complexity index is 1290. The molecule has 9 heteroatoms. The predicted octanol–water partition coefficient (Wildman–Crippen LogP) is 5.94. The van der Waals surface area contributed by atoms with Crippen LogP contribution in [-0.2, 0) is 24.5 Å². The molecule has 0 aromatic heterocycles. The van der Waals surface area contributed by atoms with Gasteiger partial charge in [-0.15, -0.1) is 0 Å². The maximum atomic E-state index is 13.6. The van der Waals surface area contributed by atoms with Gasteiger partial charge in [-0.2, -0.15) is 0 Å². The van der Waals surface area contributed by atoms with E-state index in [-0.39, 0.29) is 24.2 Å². The van der Waals surface area contributed by atoms with Crippen molar-refractivity contribution < 1.29 is 23.9 Å². The van der Waals surface area contributed by atoms with Crippen molar-refractivity contribution in [3.63, 3.8) is 0 Å². The van der Waals surface area contributed by atoms with Crippen molar-refractivity contribution in [2.45, 2.75) is 95.7 Å². The third kappa shape index (κ3) is 8.82. The number of nitrogens with one attached hydrogen (secondary N) is 3. The number of hydrogen-bond donors (Lipinski definition) is 3. The number of alkyl carbamates (subject to hydrolysis) is 1. The number of aryl methyl sites for hydroxylation is 1. The molecular formula is C34H44ClN3O5. The van der Waals surface area contributed by atoms with Crippen molar-refractivity contribution in [3.8, 4) is 0 Å². The Hall–Kier alpha value is -3.39. The second-order valence-corrected chi connectivity index (χ2v) is 13.1. The minimum Gasteiger partial charge on any atom is -0.440 e. The molecule has 0 spiro atoms. The van der Waals surface area contributed by atoms with Gasteiger partial charge in [-0.3, -0.25) is 9.59 Å².